The van der Waals surface area contributed by atoms with Gasteiger partial charge in [-0.05, 0) is 31.8 Å². The molecule has 0 aliphatic carbocycles. The summed E-state index contributed by atoms with van der Waals surface area (Å²) in [5.74, 6) is 0.843. The summed E-state index contributed by atoms with van der Waals surface area (Å²) in [4.78, 5) is 14.2. The minimum atomic E-state index is -0.0293. The Hall–Kier alpha value is -1.05. The molecule has 1 fully saturated rings. The van der Waals surface area contributed by atoms with Crippen molar-refractivity contribution in [3.8, 4) is 5.75 Å². The maximum absolute atomic E-state index is 12.1. The predicted molar refractivity (Wildman–Crippen MR) is 104 cm³/mol. The van der Waals surface area contributed by atoms with E-state index in [4.69, 9.17) is 9.47 Å². The van der Waals surface area contributed by atoms with Crippen LogP contribution in [0.3, 0.4) is 0 Å². The lowest BCUT2D eigenvalue weighted by atomic mass is 10.1. The number of benzene rings is 1. The highest BCUT2D eigenvalue weighted by Gasteiger charge is 2.19. The van der Waals surface area contributed by atoms with E-state index in [2.05, 4.69) is 15.5 Å². The van der Waals surface area contributed by atoms with E-state index in [1.165, 1.54) is 0 Å². The molecule has 1 amide bonds. The van der Waals surface area contributed by atoms with Gasteiger partial charge in [-0.3, -0.25) is 4.79 Å². The van der Waals surface area contributed by atoms with Crippen LogP contribution in [0.1, 0.15) is 18.0 Å². The van der Waals surface area contributed by atoms with Crippen LogP contribution in [0.4, 0.5) is 0 Å². The first kappa shape index (κ1) is 23.9. The fourth-order valence-electron chi connectivity index (χ4n) is 2.69. The number of nitrogens with zero attached hydrogens (tertiary/aromatic N) is 1. The Morgan fingerprint density at radius 1 is 1.44 bits per heavy atom. The Kier molecular flexibility index (Phi) is 11.8. The van der Waals surface area contributed by atoms with Gasteiger partial charge in [-0.1, -0.05) is 12.1 Å². The van der Waals surface area contributed by atoms with Gasteiger partial charge in [0.15, 0.2) is 0 Å². The third kappa shape index (κ3) is 7.79. The molecule has 2 atom stereocenters. The summed E-state index contributed by atoms with van der Waals surface area (Å²) < 4.78 is 10.8. The van der Waals surface area contributed by atoms with Crippen LogP contribution in [-0.2, 0) is 9.53 Å². The standard InChI is InChI=1S/C17H27N3O3.2ClH/c1-20(2)16(13-5-4-6-14(9-13)22-3)12-19-17(21)10-15-11-18-7-8-23-15;;/h4-6,9,15-16,18H,7-8,10-12H2,1-3H3,(H,19,21);2*1H. The molecule has 1 aliphatic heterocycles. The maximum Gasteiger partial charge on any atom is 0.222 e. The van der Waals surface area contributed by atoms with Crippen LogP contribution < -0.4 is 15.4 Å². The van der Waals surface area contributed by atoms with E-state index in [0.29, 0.717) is 19.6 Å². The monoisotopic (exact) mass is 393 g/mol. The molecule has 1 aromatic rings. The van der Waals surface area contributed by atoms with Crippen LogP contribution in [0.5, 0.6) is 5.75 Å². The van der Waals surface area contributed by atoms with Crippen molar-refractivity contribution < 1.29 is 14.3 Å². The van der Waals surface area contributed by atoms with Gasteiger partial charge in [0.05, 0.1) is 32.3 Å². The Morgan fingerprint density at radius 2 is 2.20 bits per heavy atom. The molecule has 0 saturated carbocycles. The van der Waals surface area contributed by atoms with E-state index in [1.54, 1.807) is 7.11 Å². The lowest BCUT2D eigenvalue weighted by Crippen LogP contribution is -2.42. The molecule has 0 aromatic heterocycles. The predicted octanol–water partition coefficient (Wildman–Crippen LogP) is 1.64. The molecule has 8 heteroatoms. The lowest BCUT2D eigenvalue weighted by Gasteiger charge is -2.26. The molecule has 1 aromatic carbocycles. The van der Waals surface area contributed by atoms with Crippen molar-refractivity contribution in [2.24, 2.45) is 0 Å². The van der Waals surface area contributed by atoms with Crippen LogP contribution in [-0.4, -0.2) is 64.4 Å². The number of hydrogen-bond acceptors (Lipinski definition) is 5. The van der Waals surface area contributed by atoms with Gasteiger partial charge in [0.2, 0.25) is 5.91 Å². The zero-order valence-corrected chi connectivity index (χ0v) is 16.6. The third-order valence-electron chi connectivity index (χ3n) is 4.01. The van der Waals surface area contributed by atoms with E-state index in [-0.39, 0.29) is 42.9 Å². The second kappa shape index (κ2) is 12.3. The van der Waals surface area contributed by atoms with Gasteiger partial charge in [0, 0.05) is 19.6 Å². The summed E-state index contributed by atoms with van der Waals surface area (Å²) >= 11 is 0. The van der Waals surface area contributed by atoms with Crippen LogP contribution in [0.15, 0.2) is 24.3 Å². The molecule has 0 radical (unpaired) electrons. The lowest BCUT2D eigenvalue weighted by molar-refractivity contribution is -0.124. The number of ether oxygens (including phenoxy) is 2. The fraction of sp³-hybridized carbons (Fsp3) is 0.588. The fourth-order valence-corrected chi connectivity index (χ4v) is 2.69. The minimum Gasteiger partial charge on any atom is -0.497 e. The molecule has 1 aliphatic rings. The summed E-state index contributed by atoms with van der Waals surface area (Å²) in [7, 11) is 5.67. The van der Waals surface area contributed by atoms with E-state index >= 15 is 0 Å². The highest BCUT2D eigenvalue weighted by Crippen LogP contribution is 2.22. The normalized spacial score (nSPS) is 17.8. The van der Waals surface area contributed by atoms with Crippen molar-refractivity contribution in [1.82, 2.24) is 15.5 Å². The molecule has 1 saturated heterocycles. The summed E-state index contributed by atoms with van der Waals surface area (Å²) in [6, 6.07) is 8.04. The van der Waals surface area contributed by atoms with Gasteiger partial charge in [0.25, 0.3) is 0 Å². The quantitative estimate of drug-likeness (QED) is 0.736. The molecule has 2 unspecified atom stereocenters. The molecular formula is C17H29Cl2N3O3. The number of likely N-dealkylation sites (N-methyl/N-ethyl adjacent to an activating group) is 1. The first-order valence-corrected chi connectivity index (χ1v) is 7.99. The molecule has 2 N–H and O–H groups in total. The van der Waals surface area contributed by atoms with Gasteiger partial charge >= 0.3 is 0 Å². The van der Waals surface area contributed by atoms with E-state index < -0.39 is 0 Å². The number of morpholine rings is 1. The Morgan fingerprint density at radius 3 is 2.80 bits per heavy atom. The van der Waals surface area contributed by atoms with Crippen molar-refractivity contribution in [2.45, 2.75) is 18.6 Å². The number of methoxy groups -OCH3 is 1. The Balaban J connectivity index is 0.00000288. The van der Waals surface area contributed by atoms with Crippen molar-refractivity contribution in [3.05, 3.63) is 29.8 Å². The number of hydrogen-bond donors (Lipinski definition) is 2. The topological polar surface area (TPSA) is 62.8 Å². The number of amides is 1. The highest BCUT2D eigenvalue weighted by molar-refractivity contribution is 5.85. The summed E-state index contributed by atoms with van der Waals surface area (Å²) in [6.07, 6.45) is 0.365. The highest BCUT2D eigenvalue weighted by atomic mass is 35.5. The molecule has 0 bridgehead atoms. The molecular weight excluding hydrogens is 365 g/mol. The van der Waals surface area contributed by atoms with Gasteiger partial charge in [0.1, 0.15) is 5.75 Å². The van der Waals surface area contributed by atoms with E-state index in [1.807, 2.05) is 38.4 Å². The van der Waals surface area contributed by atoms with Gasteiger partial charge in [-0.15, -0.1) is 24.8 Å². The second-order valence-corrected chi connectivity index (χ2v) is 5.96. The van der Waals surface area contributed by atoms with Gasteiger partial charge < -0.3 is 25.0 Å². The van der Waals surface area contributed by atoms with Crippen LogP contribution in [0, 0.1) is 0 Å². The van der Waals surface area contributed by atoms with E-state index in [0.717, 1.165) is 24.4 Å². The zero-order chi connectivity index (χ0) is 16.7. The largest absolute Gasteiger partial charge is 0.497 e. The zero-order valence-electron chi connectivity index (χ0n) is 15.0. The van der Waals surface area contributed by atoms with E-state index in [9.17, 15) is 4.79 Å². The summed E-state index contributed by atoms with van der Waals surface area (Å²) in [5, 5.41) is 6.25. The summed E-state index contributed by atoms with van der Waals surface area (Å²) in [6.45, 7) is 2.82. The number of rotatable bonds is 7. The van der Waals surface area contributed by atoms with Crippen LogP contribution in [0.25, 0.3) is 0 Å². The van der Waals surface area contributed by atoms with Gasteiger partial charge in [-0.25, -0.2) is 0 Å². The number of carbonyl (C=O) groups excluding carboxylic acids is 1. The summed E-state index contributed by atoms with van der Waals surface area (Å²) in [5.41, 5.74) is 1.12. The first-order chi connectivity index (χ1) is 11.1. The molecule has 1 heterocycles. The van der Waals surface area contributed by atoms with Gasteiger partial charge in [-0.2, -0.15) is 0 Å². The molecule has 6 nitrogen and oxygen atoms in total. The maximum atomic E-state index is 12.1. The smallest absolute Gasteiger partial charge is 0.222 e. The molecule has 144 valence electrons. The number of halogens is 2. The number of carbonyl (C=O) groups is 1. The number of nitrogens with one attached hydrogen (secondary N) is 2. The van der Waals surface area contributed by atoms with Crippen LogP contribution >= 0.6 is 24.8 Å². The van der Waals surface area contributed by atoms with Crippen molar-refractivity contribution in [1.29, 1.82) is 0 Å². The minimum absolute atomic E-state index is 0. The average Bonchev–Trinajstić information content (AvgIpc) is 2.56. The van der Waals surface area contributed by atoms with Crippen molar-refractivity contribution >= 4 is 30.7 Å². The molecule has 25 heavy (non-hydrogen) atoms. The van der Waals surface area contributed by atoms with Crippen molar-refractivity contribution in [2.75, 3.05) is 47.4 Å². The van der Waals surface area contributed by atoms with Crippen LogP contribution in [0.2, 0.25) is 0 Å². The Bertz CT molecular complexity index is 512. The third-order valence-corrected chi connectivity index (χ3v) is 4.01. The SMILES string of the molecule is COc1cccc(C(CNC(=O)CC2CNCCO2)N(C)C)c1.Cl.Cl. The first-order valence-electron chi connectivity index (χ1n) is 7.99. The Labute approximate surface area is 162 Å². The molecule has 2 rings (SSSR count). The van der Waals surface area contributed by atoms with Crippen molar-refractivity contribution in [3.63, 3.8) is 0 Å². The average molecular weight is 394 g/mol. The second-order valence-electron chi connectivity index (χ2n) is 5.96. The molecule has 0 spiro atoms.